The van der Waals surface area contributed by atoms with Crippen LogP contribution >= 0.6 is 11.6 Å². The predicted molar refractivity (Wildman–Crippen MR) is 126 cm³/mol. The maximum Gasteiger partial charge on any atom is 0.225 e. The van der Waals surface area contributed by atoms with Gasteiger partial charge in [-0.05, 0) is 55.5 Å². The summed E-state index contributed by atoms with van der Waals surface area (Å²) in [7, 11) is 0. The highest BCUT2D eigenvalue weighted by Gasteiger charge is 2.55. The van der Waals surface area contributed by atoms with E-state index in [-0.39, 0.29) is 5.41 Å². The van der Waals surface area contributed by atoms with Gasteiger partial charge in [0.05, 0.1) is 23.7 Å². The van der Waals surface area contributed by atoms with E-state index in [1.54, 1.807) is 12.4 Å². The van der Waals surface area contributed by atoms with Crippen LogP contribution < -0.4 is 4.90 Å². The van der Waals surface area contributed by atoms with Gasteiger partial charge in [-0.2, -0.15) is 5.26 Å². The van der Waals surface area contributed by atoms with Crippen LogP contribution in [0.1, 0.15) is 48.8 Å². The van der Waals surface area contributed by atoms with Crippen molar-refractivity contribution in [2.75, 3.05) is 24.5 Å². The number of anilines is 1. The van der Waals surface area contributed by atoms with E-state index in [4.69, 9.17) is 16.7 Å². The molecule has 0 bridgehead atoms. The van der Waals surface area contributed by atoms with Crippen molar-refractivity contribution in [2.24, 2.45) is 10.8 Å². The fourth-order valence-corrected chi connectivity index (χ4v) is 6.33. The molecule has 8 nitrogen and oxygen atoms in total. The Morgan fingerprint density at radius 1 is 1.09 bits per heavy atom. The van der Waals surface area contributed by atoms with E-state index in [2.05, 4.69) is 47.6 Å². The van der Waals surface area contributed by atoms with Crippen molar-refractivity contribution in [3.8, 4) is 11.8 Å². The molecule has 0 N–H and O–H groups in total. The molecule has 3 aromatic rings. The molecule has 2 aromatic heterocycles. The van der Waals surface area contributed by atoms with E-state index >= 15 is 0 Å². The summed E-state index contributed by atoms with van der Waals surface area (Å²) >= 11 is 6.39. The van der Waals surface area contributed by atoms with Crippen LogP contribution in [0.3, 0.4) is 0 Å². The lowest BCUT2D eigenvalue weighted by Gasteiger charge is -2.58. The third-order valence-electron chi connectivity index (χ3n) is 8.03. The van der Waals surface area contributed by atoms with Gasteiger partial charge in [-0.25, -0.2) is 9.97 Å². The molecule has 4 heterocycles. The largest absolute Gasteiger partial charge is 0.340 e. The average molecular weight is 473 g/mol. The van der Waals surface area contributed by atoms with Crippen LogP contribution in [0.15, 0.2) is 36.7 Å². The number of halogens is 1. The Labute approximate surface area is 203 Å². The summed E-state index contributed by atoms with van der Waals surface area (Å²) in [6.45, 7) is 4.24. The topological polar surface area (TPSA) is 86.8 Å². The maximum atomic E-state index is 9.64. The molecule has 1 aromatic carbocycles. The average Bonchev–Trinajstić information content (AvgIpc) is 3.48. The lowest BCUT2D eigenvalue weighted by Crippen LogP contribution is -2.62. The quantitative estimate of drug-likeness (QED) is 0.572. The summed E-state index contributed by atoms with van der Waals surface area (Å²) in [4.78, 5) is 13.4. The Morgan fingerprint density at radius 2 is 1.88 bits per heavy atom. The zero-order valence-corrected chi connectivity index (χ0v) is 19.6. The van der Waals surface area contributed by atoms with Gasteiger partial charge in [0.25, 0.3) is 0 Å². The Morgan fingerprint density at radius 3 is 2.62 bits per heavy atom. The Balaban J connectivity index is 1.15. The van der Waals surface area contributed by atoms with Crippen LogP contribution in [0.2, 0.25) is 5.02 Å². The van der Waals surface area contributed by atoms with E-state index in [1.165, 1.54) is 5.56 Å². The summed E-state index contributed by atoms with van der Waals surface area (Å²) in [6.07, 6.45) is 7.79. The molecular weight excluding hydrogens is 448 g/mol. The molecule has 1 saturated heterocycles. The van der Waals surface area contributed by atoms with Crippen molar-refractivity contribution in [2.45, 2.75) is 44.7 Å². The number of hydrogen-bond donors (Lipinski definition) is 0. The number of fused-ring (bicyclic) bond motifs is 3. The minimum absolute atomic E-state index is 0.199. The number of aromatic nitrogens is 5. The zero-order chi connectivity index (χ0) is 22.9. The van der Waals surface area contributed by atoms with Gasteiger partial charge in [0.1, 0.15) is 5.82 Å². The van der Waals surface area contributed by atoms with Crippen LogP contribution in [0.4, 0.5) is 5.95 Å². The second-order valence-corrected chi connectivity index (χ2v) is 11.1. The monoisotopic (exact) mass is 472 g/mol. The van der Waals surface area contributed by atoms with Gasteiger partial charge in [-0.1, -0.05) is 11.6 Å². The summed E-state index contributed by atoms with van der Waals surface area (Å²) < 4.78 is 2.27. The number of benzene rings is 1. The molecule has 0 unspecified atom stereocenters. The van der Waals surface area contributed by atoms with Gasteiger partial charge in [0.15, 0.2) is 5.82 Å². The normalized spacial score (nSPS) is 22.2. The van der Waals surface area contributed by atoms with E-state index in [0.717, 1.165) is 80.2 Å². The molecule has 0 amide bonds. The fourth-order valence-electron chi connectivity index (χ4n) is 6.14. The first-order chi connectivity index (χ1) is 16.6. The second kappa shape index (κ2) is 7.24. The molecule has 1 spiro atoms. The van der Waals surface area contributed by atoms with Gasteiger partial charge >= 0.3 is 0 Å². The first kappa shape index (κ1) is 20.4. The summed E-state index contributed by atoms with van der Waals surface area (Å²) in [6, 6.07) is 10.5. The highest BCUT2D eigenvalue weighted by atomic mass is 35.5. The number of hydrogen-bond acceptors (Lipinski definition) is 7. The van der Waals surface area contributed by atoms with Gasteiger partial charge in [-0.15, -0.1) is 10.2 Å². The summed E-state index contributed by atoms with van der Waals surface area (Å²) in [5.41, 5.74) is 2.43. The number of nitrogens with zero attached hydrogens (tertiary/aromatic N) is 8. The number of nitriles is 1. The molecule has 172 valence electrons. The van der Waals surface area contributed by atoms with Crippen molar-refractivity contribution in [3.63, 3.8) is 0 Å². The van der Waals surface area contributed by atoms with Crippen molar-refractivity contribution < 1.29 is 0 Å². The first-order valence-electron chi connectivity index (χ1n) is 11.9. The van der Waals surface area contributed by atoms with Crippen molar-refractivity contribution in [1.29, 1.82) is 5.26 Å². The summed E-state index contributed by atoms with van der Waals surface area (Å²) in [5.74, 6) is 3.23. The third-order valence-corrected chi connectivity index (χ3v) is 8.26. The van der Waals surface area contributed by atoms with Crippen LogP contribution in [-0.2, 0) is 13.1 Å². The highest BCUT2D eigenvalue weighted by Crippen LogP contribution is 2.56. The van der Waals surface area contributed by atoms with Crippen LogP contribution in [-0.4, -0.2) is 49.3 Å². The van der Waals surface area contributed by atoms with Gasteiger partial charge in [0, 0.05) is 54.9 Å². The van der Waals surface area contributed by atoms with Crippen molar-refractivity contribution >= 4 is 17.5 Å². The molecule has 2 aliphatic carbocycles. The first-order valence-corrected chi connectivity index (χ1v) is 12.3. The van der Waals surface area contributed by atoms with E-state index in [9.17, 15) is 5.26 Å². The SMILES string of the molecule is N#CC1(CN2Cc3cc(Cl)ccc3-n3c(nnc3C3CC4(C3)CN(c3ncccn3)C4)C2)CC1. The lowest BCUT2D eigenvalue weighted by atomic mass is 9.57. The van der Waals surface area contributed by atoms with E-state index in [0.29, 0.717) is 17.9 Å². The molecule has 0 atom stereocenters. The smallest absolute Gasteiger partial charge is 0.225 e. The Hall–Kier alpha value is -3.02. The van der Waals surface area contributed by atoms with Crippen molar-refractivity contribution in [3.05, 3.63) is 58.9 Å². The maximum absolute atomic E-state index is 9.64. The molecule has 0 radical (unpaired) electrons. The predicted octanol–water partition coefficient (Wildman–Crippen LogP) is 3.71. The minimum Gasteiger partial charge on any atom is -0.340 e. The van der Waals surface area contributed by atoms with Gasteiger partial charge in [-0.3, -0.25) is 9.47 Å². The summed E-state index contributed by atoms with van der Waals surface area (Å²) in [5, 5.41) is 19.7. The molecular formula is C25H25ClN8. The van der Waals surface area contributed by atoms with Crippen LogP contribution in [0, 0.1) is 22.2 Å². The molecule has 2 saturated carbocycles. The minimum atomic E-state index is -0.199. The van der Waals surface area contributed by atoms with E-state index in [1.807, 2.05) is 12.1 Å². The lowest BCUT2D eigenvalue weighted by molar-refractivity contribution is 0.0574. The standard InChI is InChI=1S/C25H25ClN8/c26-19-2-3-20-17(8-19)11-32(14-24(13-27)4-5-24)12-21-30-31-22(34(20)21)18-9-25(10-18)15-33(16-25)23-28-6-1-7-29-23/h1-3,6-8,18H,4-5,9-12,14-16H2. The molecule has 2 aliphatic heterocycles. The third kappa shape index (κ3) is 3.22. The Bertz CT molecular complexity index is 1290. The molecule has 34 heavy (non-hydrogen) atoms. The highest BCUT2D eigenvalue weighted by molar-refractivity contribution is 6.30. The van der Waals surface area contributed by atoms with Crippen LogP contribution in [0.25, 0.3) is 5.69 Å². The van der Waals surface area contributed by atoms with Gasteiger partial charge < -0.3 is 4.90 Å². The molecule has 9 heteroatoms. The number of rotatable bonds is 4. The second-order valence-electron chi connectivity index (χ2n) is 10.6. The molecule has 3 fully saturated rings. The fraction of sp³-hybridized carbons (Fsp3) is 0.480. The van der Waals surface area contributed by atoms with E-state index < -0.39 is 0 Å². The molecule has 7 rings (SSSR count). The molecule has 4 aliphatic rings. The van der Waals surface area contributed by atoms with Crippen molar-refractivity contribution in [1.82, 2.24) is 29.6 Å². The Kier molecular flexibility index (Phi) is 4.33. The zero-order valence-electron chi connectivity index (χ0n) is 18.9. The van der Waals surface area contributed by atoms with Gasteiger partial charge in [0.2, 0.25) is 5.95 Å². The van der Waals surface area contributed by atoms with Crippen LogP contribution in [0.5, 0.6) is 0 Å².